The Balaban J connectivity index is 1.41. The largest absolute Gasteiger partial charge is 0.490 e. The van der Waals surface area contributed by atoms with Gasteiger partial charge in [-0.25, -0.2) is 4.79 Å². The Morgan fingerprint density at radius 1 is 1.21 bits per heavy atom. The molecule has 3 aromatic rings. The van der Waals surface area contributed by atoms with Gasteiger partial charge in [0, 0.05) is 6.42 Å². The van der Waals surface area contributed by atoms with E-state index in [0.717, 1.165) is 35.6 Å². The van der Waals surface area contributed by atoms with Gasteiger partial charge in [-0.05, 0) is 42.3 Å². The molecule has 1 amide bonds. The summed E-state index contributed by atoms with van der Waals surface area (Å²) < 4.78 is 11.4. The van der Waals surface area contributed by atoms with Crippen LogP contribution in [0.15, 0.2) is 42.5 Å². The van der Waals surface area contributed by atoms with Gasteiger partial charge in [0.15, 0.2) is 11.5 Å². The summed E-state index contributed by atoms with van der Waals surface area (Å²) >= 11 is 7.80. The van der Waals surface area contributed by atoms with Crippen molar-refractivity contribution < 1.29 is 24.0 Å². The Morgan fingerprint density at radius 3 is 2.82 bits per heavy atom. The van der Waals surface area contributed by atoms with E-state index >= 15 is 0 Å². The summed E-state index contributed by atoms with van der Waals surface area (Å²) in [6.07, 6.45) is 0.491. The van der Waals surface area contributed by atoms with Crippen LogP contribution in [-0.4, -0.2) is 32.1 Å². The molecule has 2 atom stereocenters. The minimum absolute atomic E-state index is 0.0667. The molecule has 9 heteroatoms. The number of carbonyl (C=O) groups excluding carboxylic acids is 2. The molecule has 2 aliphatic rings. The van der Waals surface area contributed by atoms with E-state index < -0.39 is 12.1 Å². The van der Waals surface area contributed by atoms with E-state index in [4.69, 9.17) is 21.1 Å². The van der Waals surface area contributed by atoms with Crippen molar-refractivity contribution in [3.8, 4) is 11.5 Å². The van der Waals surface area contributed by atoms with Crippen LogP contribution >= 0.6 is 22.9 Å². The van der Waals surface area contributed by atoms with E-state index in [-0.39, 0.29) is 17.2 Å². The van der Waals surface area contributed by atoms with Crippen molar-refractivity contribution >= 4 is 39.8 Å². The number of nitrogens with one attached hydrogen (secondary N) is 3. The monoisotopic (exact) mass is 498 g/mol. The minimum atomic E-state index is -0.565. The normalized spacial score (nSPS) is 18.9. The van der Waals surface area contributed by atoms with Crippen LogP contribution < -0.4 is 25.0 Å². The van der Waals surface area contributed by atoms with Crippen LogP contribution in [0.1, 0.15) is 49.8 Å². The number of quaternary nitrogens is 1. The van der Waals surface area contributed by atoms with Gasteiger partial charge in [0.1, 0.15) is 17.7 Å². The second-order valence-corrected chi connectivity index (χ2v) is 9.91. The molecular weight excluding hydrogens is 474 g/mol. The van der Waals surface area contributed by atoms with Gasteiger partial charge < -0.3 is 25.0 Å². The van der Waals surface area contributed by atoms with Crippen molar-refractivity contribution in [3.63, 3.8) is 0 Å². The molecule has 2 aromatic carbocycles. The smallest absolute Gasteiger partial charge is 0.345 e. The highest BCUT2D eigenvalue weighted by atomic mass is 35.5. The van der Waals surface area contributed by atoms with E-state index in [0.29, 0.717) is 17.4 Å². The molecule has 0 radical (unpaired) electrons. The Morgan fingerprint density at radius 2 is 2.03 bits per heavy atom. The average Bonchev–Trinajstić information content (AvgIpc) is 3.18. The first kappa shape index (κ1) is 22.7. The number of anilines is 1. The highest BCUT2D eigenvalue weighted by molar-refractivity contribution is 7.16. The standard InChI is InChI=1S/C25H24ClN3O4S/c1-3-32-19-12-14(8-9-18(19)33-25(31)15-6-4-5-7-17(15)26)22-27-23(30)21-16-10-11-29(2)13-20(16)34-24(21)28-22/h4-9,12,22,28H,3,10-11,13H2,1-2H3,(H,27,30)/p+1/t22-/m1/s1. The first-order valence-electron chi connectivity index (χ1n) is 11.2. The molecule has 3 N–H and O–H groups in total. The predicted molar refractivity (Wildman–Crippen MR) is 131 cm³/mol. The Hall–Kier alpha value is -3.07. The van der Waals surface area contributed by atoms with Gasteiger partial charge in [-0.3, -0.25) is 4.79 Å². The molecule has 0 aliphatic carbocycles. The number of benzene rings is 2. The van der Waals surface area contributed by atoms with Gasteiger partial charge in [0.2, 0.25) is 0 Å². The van der Waals surface area contributed by atoms with Crippen molar-refractivity contribution in [1.29, 1.82) is 0 Å². The summed E-state index contributed by atoms with van der Waals surface area (Å²) in [4.78, 5) is 28.4. The number of ether oxygens (including phenoxy) is 2. The van der Waals surface area contributed by atoms with Crippen LogP contribution in [0.25, 0.3) is 0 Å². The number of esters is 1. The maximum Gasteiger partial charge on any atom is 0.345 e. The van der Waals surface area contributed by atoms with Crippen LogP contribution in [0.5, 0.6) is 11.5 Å². The number of hydrogen-bond donors (Lipinski definition) is 3. The molecule has 176 valence electrons. The molecule has 3 heterocycles. The summed E-state index contributed by atoms with van der Waals surface area (Å²) in [6.45, 7) is 4.21. The van der Waals surface area contributed by atoms with Crippen molar-refractivity contribution in [3.05, 3.63) is 74.6 Å². The lowest BCUT2D eigenvalue weighted by atomic mass is 10.0. The van der Waals surface area contributed by atoms with Crippen molar-refractivity contribution in [2.75, 3.05) is 25.5 Å². The van der Waals surface area contributed by atoms with E-state index in [1.54, 1.807) is 47.7 Å². The van der Waals surface area contributed by atoms with Crippen molar-refractivity contribution in [2.45, 2.75) is 26.1 Å². The maximum absolute atomic E-state index is 13.0. The third-order valence-corrected chi connectivity index (χ3v) is 7.52. The zero-order valence-electron chi connectivity index (χ0n) is 18.9. The van der Waals surface area contributed by atoms with Gasteiger partial charge >= 0.3 is 5.97 Å². The van der Waals surface area contributed by atoms with Crippen LogP contribution in [0, 0.1) is 0 Å². The molecule has 1 aromatic heterocycles. The zero-order valence-corrected chi connectivity index (χ0v) is 20.4. The molecule has 1 unspecified atom stereocenters. The number of fused-ring (bicyclic) bond motifs is 3. The lowest BCUT2D eigenvalue weighted by Crippen LogP contribution is -3.08. The summed E-state index contributed by atoms with van der Waals surface area (Å²) in [5, 5.41) is 7.76. The third-order valence-electron chi connectivity index (χ3n) is 6.03. The van der Waals surface area contributed by atoms with Gasteiger partial charge in [-0.15, -0.1) is 11.3 Å². The number of carbonyl (C=O) groups is 2. The van der Waals surface area contributed by atoms with Gasteiger partial charge in [0.05, 0.1) is 41.2 Å². The Kier molecular flexibility index (Phi) is 6.20. The predicted octanol–water partition coefficient (Wildman–Crippen LogP) is 3.44. The number of amides is 1. The van der Waals surface area contributed by atoms with E-state index in [9.17, 15) is 9.59 Å². The fourth-order valence-electron chi connectivity index (χ4n) is 4.34. The Labute approximate surface area is 206 Å². The van der Waals surface area contributed by atoms with Crippen LogP contribution in [0.4, 0.5) is 5.00 Å². The summed E-state index contributed by atoms with van der Waals surface area (Å²) in [7, 11) is 2.17. The van der Waals surface area contributed by atoms with Crippen molar-refractivity contribution in [2.24, 2.45) is 0 Å². The molecule has 34 heavy (non-hydrogen) atoms. The maximum atomic E-state index is 13.0. The molecule has 0 bridgehead atoms. The van der Waals surface area contributed by atoms with E-state index in [2.05, 4.69) is 17.7 Å². The first-order valence-corrected chi connectivity index (χ1v) is 12.4. The fourth-order valence-corrected chi connectivity index (χ4v) is 5.94. The van der Waals surface area contributed by atoms with Gasteiger partial charge in [-0.2, -0.15) is 0 Å². The fraction of sp³-hybridized carbons (Fsp3) is 0.280. The highest BCUT2D eigenvalue weighted by Crippen LogP contribution is 2.40. The molecule has 7 nitrogen and oxygen atoms in total. The number of hydrogen-bond acceptors (Lipinski definition) is 6. The molecule has 0 spiro atoms. The topological polar surface area (TPSA) is 81.1 Å². The molecule has 0 fully saturated rings. The van der Waals surface area contributed by atoms with Crippen LogP contribution in [-0.2, 0) is 13.0 Å². The Bertz CT molecular complexity index is 1280. The first-order chi connectivity index (χ1) is 16.4. The molecule has 2 aliphatic heterocycles. The van der Waals surface area contributed by atoms with Gasteiger partial charge in [-0.1, -0.05) is 29.8 Å². The van der Waals surface area contributed by atoms with E-state index in [1.807, 2.05) is 13.0 Å². The molecule has 0 saturated heterocycles. The lowest BCUT2D eigenvalue weighted by molar-refractivity contribution is -0.895. The van der Waals surface area contributed by atoms with Gasteiger partial charge in [0.25, 0.3) is 5.91 Å². The van der Waals surface area contributed by atoms with Crippen LogP contribution in [0.2, 0.25) is 5.02 Å². The summed E-state index contributed by atoms with van der Waals surface area (Å²) in [5.41, 5.74) is 3.03. The van der Waals surface area contributed by atoms with Crippen molar-refractivity contribution in [1.82, 2.24) is 5.32 Å². The average molecular weight is 499 g/mol. The SMILES string of the molecule is CCOc1cc([C@@H]2NC(=O)c3c(sc4c3CC[NH+](C)C4)N2)ccc1OC(=O)c1ccccc1Cl. The minimum Gasteiger partial charge on any atom is -0.490 e. The number of rotatable bonds is 5. The lowest BCUT2D eigenvalue weighted by Gasteiger charge is -2.27. The molecule has 5 rings (SSSR count). The summed E-state index contributed by atoms with van der Waals surface area (Å²) in [5.74, 6) is 0.0705. The van der Waals surface area contributed by atoms with E-state index in [1.165, 1.54) is 15.3 Å². The number of thiophene rings is 1. The highest BCUT2D eigenvalue weighted by Gasteiger charge is 2.34. The number of halogens is 1. The molecule has 0 saturated carbocycles. The number of likely N-dealkylation sites (N-methyl/N-ethyl adjacent to an activating group) is 1. The second kappa shape index (κ2) is 9.29. The molecular formula is C25H25ClN3O4S+. The van der Waals surface area contributed by atoms with Crippen LogP contribution in [0.3, 0.4) is 0 Å². The zero-order chi connectivity index (χ0) is 23.8. The quantitative estimate of drug-likeness (QED) is 0.371. The summed E-state index contributed by atoms with van der Waals surface area (Å²) in [6, 6.07) is 12.0. The third kappa shape index (κ3) is 4.24. The second-order valence-electron chi connectivity index (χ2n) is 8.40.